The summed E-state index contributed by atoms with van der Waals surface area (Å²) in [5.74, 6) is 0.684. The van der Waals surface area contributed by atoms with Crippen molar-refractivity contribution in [2.45, 2.75) is 32.8 Å². The minimum Gasteiger partial charge on any atom is -0.491 e. The SMILES string of the molecule is CC(C)COc1ccccc1NC(=O)CNc1cccc(C(=O)NCC2CCCO2)c1. The van der Waals surface area contributed by atoms with Gasteiger partial charge in [0.2, 0.25) is 5.91 Å². The zero-order chi connectivity index (χ0) is 22.1. The Morgan fingerprint density at radius 1 is 1.16 bits per heavy atom. The summed E-state index contributed by atoms with van der Waals surface area (Å²) in [4.78, 5) is 24.8. The molecule has 1 unspecified atom stereocenters. The quantitative estimate of drug-likeness (QED) is 0.540. The van der Waals surface area contributed by atoms with Crippen molar-refractivity contribution in [3.63, 3.8) is 0 Å². The van der Waals surface area contributed by atoms with Crippen molar-refractivity contribution in [2.24, 2.45) is 5.92 Å². The number of amides is 2. The van der Waals surface area contributed by atoms with Gasteiger partial charge in [-0.1, -0.05) is 32.0 Å². The van der Waals surface area contributed by atoms with E-state index in [9.17, 15) is 9.59 Å². The molecule has 1 aliphatic rings. The lowest BCUT2D eigenvalue weighted by molar-refractivity contribution is -0.114. The van der Waals surface area contributed by atoms with Crippen LogP contribution in [0.25, 0.3) is 0 Å². The fourth-order valence-electron chi connectivity index (χ4n) is 3.21. The van der Waals surface area contributed by atoms with Gasteiger partial charge in [-0.2, -0.15) is 0 Å². The maximum Gasteiger partial charge on any atom is 0.251 e. The van der Waals surface area contributed by atoms with Gasteiger partial charge in [0.25, 0.3) is 5.91 Å². The van der Waals surface area contributed by atoms with Gasteiger partial charge in [-0.25, -0.2) is 0 Å². The summed E-state index contributed by atoms with van der Waals surface area (Å²) >= 11 is 0. The second-order valence-electron chi connectivity index (χ2n) is 8.03. The number of hydrogen-bond donors (Lipinski definition) is 3. The summed E-state index contributed by atoms with van der Waals surface area (Å²) in [6.07, 6.45) is 2.11. The molecule has 166 valence electrons. The predicted octanol–water partition coefficient (Wildman–Crippen LogP) is 3.68. The minimum atomic E-state index is -0.200. The smallest absolute Gasteiger partial charge is 0.251 e. The first kappa shape index (κ1) is 22.6. The molecular formula is C24H31N3O4. The highest BCUT2D eigenvalue weighted by atomic mass is 16.5. The number of ether oxygens (including phenoxy) is 2. The number of carbonyl (C=O) groups excluding carboxylic acids is 2. The Morgan fingerprint density at radius 3 is 2.77 bits per heavy atom. The number of nitrogens with one attached hydrogen (secondary N) is 3. The van der Waals surface area contributed by atoms with Gasteiger partial charge in [0.1, 0.15) is 5.75 Å². The minimum absolute atomic E-state index is 0.0689. The van der Waals surface area contributed by atoms with Gasteiger partial charge in [0.05, 0.1) is 24.9 Å². The molecule has 31 heavy (non-hydrogen) atoms. The van der Waals surface area contributed by atoms with Gasteiger partial charge in [-0.3, -0.25) is 9.59 Å². The standard InChI is InChI=1S/C24H31N3O4/c1-17(2)16-31-22-11-4-3-10-21(22)27-23(28)15-25-19-8-5-7-18(13-19)24(29)26-14-20-9-6-12-30-20/h3-5,7-8,10-11,13,17,20,25H,6,9,12,14-16H2,1-2H3,(H,26,29)(H,27,28). The van der Waals surface area contributed by atoms with Crippen LogP contribution in [0.5, 0.6) is 5.75 Å². The van der Waals surface area contributed by atoms with Crippen molar-refractivity contribution in [1.29, 1.82) is 0 Å². The van der Waals surface area contributed by atoms with Gasteiger partial charge in [-0.15, -0.1) is 0 Å². The van der Waals surface area contributed by atoms with Crippen LogP contribution in [-0.4, -0.2) is 44.2 Å². The molecule has 0 spiro atoms. The summed E-state index contributed by atoms with van der Waals surface area (Å²) < 4.78 is 11.3. The highest BCUT2D eigenvalue weighted by Gasteiger charge is 2.17. The molecule has 1 fully saturated rings. The number of para-hydroxylation sites is 2. The third-order valence-electron chi connectivity index (χ3n) is 4.83. The topological polar surface area (TPSA) is 88.7 Å². The summed E-state index contributed by atoms with van der Waals surface area (Å²) in [6.45, 7) is 6.06. The molecule has 1 aliphatic heterocycles. The first-order valence-electron chi connectivity index (χ1n) is 10.8. The van der Waals surface area contributed by atoms with Gasteiger partial charge < -0.3 is 25.4 Å². The average Bonchev–Trinajstić information content (AvgIpc) is 3.29. The van der Waals surface area contributed by atoms with Crippen LogP contribution in [0.4, 0.5) is 11.4 Å². The normalized spacial score (nSPS) is 15.5. The third kappa shape index (κ3) is 7.29. The van der Waals surface area contributed by atoms with E-state index in [4.69, 9.17) is 9.47 Å². The van der Waals surface area contributed by atoms with Gasteiger partial charge in [-0.05, 0) is 49.1 Å². The molecule has 1 saturated heterocycles. The second-order valence-corrected chi connectivity index (χ2v) is 8.03. The number of anilines is 2. The van der Waals surface area contributed by atoms with Crippen LogP contribution in [0, 0.1) is 5.92 Å². The molecule has 0 saturated carbocycles. The molecule has 3 rings (SSSR count). The van der Waals surface area contributed by atoms with E-state index in [0.717, 1.165) is 19.4 Å². The van der Waals surface area contributed by atoms with E-state index in [2.05, 4.69) is 29.8 Å². The van der Waals surface area contributed by atoms with E-state index in [-0.39, 0.29) is 24.5 Å². The molecule has 2 aromatic carbocycles. The summed E-state index contributed by atoms with van der Waals surface area (Å²) in [5, 5.41) is 8.85. The second kappa shape index (κ2) is 11.4. The van der Waals surface area contributed by atoms with E-state index in [1.165, 1.54) is 0 Å². The van der Waals surface area contributed by atoms with Crippen molar-refractivity contribution < 1.29 is 19.1 Å². The molecule has 0 aliphatic carbocycles. The lowest BCUT2D eigenvalue weighted by atomic mass is 10.1. The Kier molecular flexibility index (Phi) is 8.29. The van der Waals surface area contributed by atoms with E-state index < -0.39 is 0 Å². The first-order valence-corrected chi connectivity index (χ1v) is 10.8. The largest absolute Gasteiger partial charge is 0.491 e. The van der Waals surface area contributed by atoms with Crippen molar-refractivity contribution in [2.75, 3.05) is 36.9 Å². The molecule has 2 aromatic rings. The third-order valence-corrected chi connectivity index (χ3v) is 4.83. The molecule has 7 nitrogen and oxygen atoms in total. The van der Waals surface area contributed by atoms with Crippen LogP contribution in [0.3, 0.4) is 0 Å². The molecular weight excluding hydrogens is 394 g/mol. The monoisotopic (exact) mass is 425 g/mol. The number of hydrogen-bond acceptors (Lipinski definition) is 5. The summed E-state index contributed by atoms with van der Waals surface area (Å²) in [6, 6.07) is 14.5. The first-order chi connectivity index (χ1) is 15.0. The fraction of sp³-hybridized carbons (Fsp3) is 0.417. The molecule has 0 radical (unpaired) electrons. The van der Waals surface area contributed by atoms with Crippen LogP contribution in [0.15, 0.2) is 48.5 Å². The lowest BCUT2D eigenvalue weighted by Gasteiger charge is -2.14. The number of benzene rings is 2. The van der Waals surface area contributed by atoms with Crippen LogP contribution in [0.1, 0.15) is 37.0 Å². The molecule has 0 bridgehead atoms. The van der Waals surface area contributed by atoms with E-state index >= 15 is 0 Å². The van der Waals surface area contributed by atoms with Crippen molar-refractivity contribution in [3.8, 4) is 5.75 Å². The van der Waals surface area contributed by atoms with Crippen molar-refractivity contribution >= 4 is 23.2 Å². The summed E-state index contributed by atoms with van der Waals surface area (Å²) in [7, 11) is 0. The molecule has 0 aromatic heterocycles. The van der Waals surface area contributed by atoms with E-state index in [1.54, 1.807) is 18.2 Å². The predicted molar refractivity (Wildman–Crippen MR) is 122 cm³/mol. The fourth-order valence-corrected chi connectivity index (χ4v) is 3.21. The summed E-state index contributed by atoms with van der Waals surface area (Å²) in [5.41, 5.74) is 1.87. The highest BCUT2D eigenvalue weighted by molar-refractivity contribution is 5.96. The van der Waals surface area contributed by atoms with Crippen molar-refractivity contribution in [3.05, 3.63) is 54.1 Å². The molecule has 7 heteroatoms. The van der Waals surface area contributed by atoms with Crippen LogP contribution < -0.4 is 20.7 Å². The van der Waals surface area contributed by atoms with Crippen LogP contribution >= 0.6 is 0 Å². The Labute approximate surface area is 183 Å². The van der Waals surface area contributed by atoms with Crippen molar-refractivity contribution in [1.82, 2.24) is 5.32 Å². The number of carbonyl (C=O) groups is 2. The molecule has 1 atom stereocenters. The maximum absolute atomic E-state index is 12.4. The lowest BCUT2D eigenvalue weighted by Crippen LogP contribution is -2.31. The number of rotatable bonds is 10. The average molecular weight is 426 g/mol. The van der Waals surface area contributed by atoms with Crippen LogP contribution in [-0.2, 0) is 9.53 Å². The molecule has 3 N–H and O–H groups in total. The van der Waals surface area contributed by atoms with E-state index in [0.29, 0.717) is 41.8 Å². The Balaban J connectivity index is 1.50. The maximum atomic E-state index is 12.4. The van der Waals surface area contributed by atoms with Crippen LogP contribution in [0.2, 0.25) is 0 Å². The van der Waals surface area contributed by atoms with Gasteiger partial charge in [0, 0.05) is 24.4 Å². The van der Waals surface area contributed by atoms with E-state index in [1.807, 2.05) is 30.3 Å². The Morgan fingerprint density at radius 2 is 2.00 bits per heavy atom. The zero-order valence-electron chi connectivity index (χ0n) is 18.1. The Bertz CT molecular complexity index is 879. The molecule has 1 heterocycles. The van der Waals surface area contributed by atoms with Gasteiger partial charge >= 0.3 is 0 Å². The zero-order valence-corrected chi connectivity index (χ0v) is 18.1. The Hall–Kier alpha value is -3.06. The highest BCUT2D eigenvalue weighted by Crippen LogP contribution is 2.24. The van der Waals surface area contributed by atoms with Gasteiger partial charge in [0.15, 0.2) is 0 Å². The molecule has 2 amide bonds.